The Morgan fingerprint density at radius 3 is 2.26 bits per heavy atom. The van der Waals surface area contributed by atoms with Crippen LogP contribution in [0.5, 0.6) is 0 Å². The van der Waals surface area contributed by atoms with E-state index in [9.17, 15) is 0 Å². The number of nitrogens with two attached hydrogens (primary N) is 1. The molecule has 3 aliphatic heterocycles. The summed E-state index contributed by atoms with van der Waals surface area (Å²) < 4.78 is -1.22. The lowest BCUT2D eigenvalue weighted by Gasteiger charge is -2.37. The maximum absolute atomic E-state index is 5.51. The summed E-state index contributed by atoms with van der Waals surface area (Å²) in [7, 11) is 0. The van der Waals surface area contributed by atoms with Crippen molar-refractivity contribution in [3.05, 3.63) is 0 Å². The highest BCUT2D eigenvalue weighted by atomic mass is 32.9. The van der Waals surface area contributed by atoms with Crippen LogP contribution in [0.2, 0.25) is 0 Å². The van der Waals surface area contributed by atoms with Gasteiger partial charge in [0.2, 0.25) is 0 Å². The molecule has 0 saturated carbocycles. The van der Waals surface area contributed by atoms with Crippen LogP contribution in [0, 0.1) is 0 Å². The minimum absolute atomic E-state index is 0.802. The van der Waals surface area contributed by atoms with Gasteiger partial charge >= 0.3 is 4.67 Å². The summed E-state index contributed by atoms with van der Waals surface area (Å²) in [6.07, 6.45) is 1.10. The predicted octanol–water partition coefficient (Wildman–Crippen LogP) is 1.62. The van der Waals surface area contributed by atoms with E-state index < -0.39 is 4.67 Å². The molecule has 3 saturated heterocycles. The fourth-order valence-corrected chi connectivity index (χ4v) is 24.0. The van der Waals surface area contributed by atoms with Crippen molar-refractivity contribution in [1.82, 2.24) is 10.2 Å². The summed E-state index contributed by atoms with van der Waals surface area (Å²) in [5.41, 5.74) is 5.51. The topological polar surface area (TPSA) is 41.3 Å². The van der Waals surface area contributed by atoms with E-state index in [0.717, 1.165) is 26.1 Å². The van der Waals surface area contributed by atoms with Gasteiger partial charge in [0, 0.05) is 49.2 Å². The smallest absolute Gasteiger partial charge is 0.300 e. The molecule has 112 valence electrons. The molecule has 3 aliphatic rings. The van der Waals surface area contributed by atoms with Gasteiger partial charge in [-0.1, -0.05) is 0 Å². The first-order valence-electron chi connectivity index (χ1n) is 7.04. The van der Waals surface area contributed by atoms with Gasteiger partial charge in [0.25, 0.3) is 0 Å². The van der Waals surface area contributed by atoms with Crippen LogP contribution >= 0.6 is 44.8 Å². The normalized spacial score (nSPS) is 31.7. The Hall–Kier alpha value is 1.50. The molecule has 0 aromatic carbocycles. The van der Waals surface area contributed by atoms with Crippen molar-refractivity contribution in [2.75, 3.05) is 62.3 Å². The van der Waals surface area contributed by atoms with Crippen molar-refractivity contribution in [2.24, 2.45) is 5.73 Å². The monoisotopic (exact) mass is 355 g/mol. The van der Waals surface area contributed by atoms with E-state index in [1.165, 1.54) is 42.6 Å². The van der Waals surface area contributed by atoms with Crippen LogP contribution in [-0.4, -0.2) is 71.9 Å². The first kappa shape index (κ1) is 16.9. The molecule has 0 amide bonds. The maximum Gasteiger partial charge on any atom is 0.300 e. The minimum atomic E-state index is -1.22. The van der Waals surface area contributed by atoms with Gasteiger partial charge in [0.1, 0.15) is 0 Å². The molecule has 3 fully saturated rings. The zero-order valence-corrected chi connectivity index (χ0v) is 15.7. The highest BCUT2D eigenvalue weighted by Crippen LogP contribution is 2.51. The van der Waals surface area contributed by atoms with E-state index in [0.29, 0.717) is 0 Å². The third kappa shape index (κ3) is 6.02. The van der Waals surface area contributed by atoms with Crippen molar-refractivity contribution < 1.29 is 0 Å². The SMILES string of the molecule is NCCCNCCS[Si]12SCCN(CCS1)CCS2. The quantitative estimate of drug-likeness (QED) is 0.531. The second-order valence-electron chi connectivity index (χ2n) is 4.63. The molecule has 2 bridgehead atoms. The largest absolute Gasteiger partial charge is 0.330 e. The molecule has 3 nitrogen and oxygen atoms in total. The highest BCUT2D eigenvalue weighted by molar-refractivity contribution is 8.99. The van der Waals surface area contributed by atoms with Gasteiger partial charge in [-0.15, -0.1) is 0 Å². The Morgan fingerprint density at radius 2 is 1.68 bits per heavy atom. The van der Waals surface area contributed by atoms with Crippen LogP contribution in [0.4, 0.5) is 0 Å². The van der Waals surface area contributed by atoms with Gasteiger partial charge < -0.3 is 16.0 Å². The third-order valence-electron chi connectivity index (χ3n) is 3.17. The van der Waals surface area contributed by atoms with Gasteiger partial charge in [-0.05, 0) is 19.5 Å². The standard InChI is InChI=1S/C11H25N3S4Si/c12-2-1-3-13-4-8-15-19-16-9-5-14(6-10-17-19)7-11-18-19/h13H,1-12H2. The van der Waals surface area contributed by atoms with Crippen LogP contribution in [-0.2, 0) is 0 Å². The molecule has 0 aliphatic carbocycles. The van der Waals surface area contributed by atoms with Gasteiger partial charge in [-0.2, -0.15) is 44.8 Å². The third-order valence-corrected chi connectivity index (χ3v) is 25.6. The summed E-state index contributed by atoms with van der Waals surface area (Å²) in [5, 5.41) is 3.51. The van der Waals surface area contributed by atoms with Crippen molar-refractivity contribution >= 4 is 49.5 Å². The number of nitrogens with one attached hydrogen (secondary N) is 1. The van der Waals surface area contributed by atoms with E-state index in [4.69, 9.17) is 5.73 Å². The summed E-state index contributed by atoms with van der Waals surface area (Å²) in [6, 6.07) is 0. The summed E-state index contributed by atoms with van der Waals surface area (Å²) in [6.45, 7) is 6.97. The first-order valence-corrected chi connectivity index (χ1v) is 15.9. The average molecular weight is 356 g/mol. The number of rotatable bonds is 7. The van der Waals surface area contributed by atoms with Gasteiger partial charge in [-0.25, -0.2) is 0 Å². The Morgan fingerprint density at radius 1 is 1.05 bits per heavy atom. The van der Waals surface area contributed by atoms with Gasteiger partial charge in [-0.3, -0.25) is 0 Å². The van der Waals surface area contributed by atoms with Crippen LogP contribution < -0.4 is 11.1 Å². The zero-order valence-electron chi connectivity index (χ0n) is 11.4. The van der Waals surface area contributed by atoms with Crippen LogP contribution in [0.25, 0.3) is 0 Å². The molecular formula is C11H25N3S4Si. The number of hydrogen-bond donors (Lipinski definition) is 2. The number of fused-ring (bicyclic) bond motifs is 6. The number of hydrogen-bond acceptors (Lipinski definition) is 7. The molecule has 0 radical (unpaired) electrons. The highest BCUT2D eigenvalue weighted by Gasteiger charge is 2.39. The first-order chi connectivity index (χ1) is 9.35. The number of nitrogens with zero attached hydrogens (tertiary/aromatic N) is 1. The van der Waals surface area contributed by atoms with Crippen molar-refractivity contribution in [3.63, 3.8) is 0 Å². The van der Waals surface area contributed by atoms with Crippen LogP contribution in [0.3, 0.4) is 0 Å². The fourth-order valence-electron chi connectivity index (χ4n) is 2.08. The Balaban J connectivity index is 1.72. The predicted molar refractivity (Wildman–Crippen MR) is 98.6 cm³/mol. The van der Waals surface area contributed by atoms with E-state index in [1.807, 2.05) is 0 Å². The van der Waals surface area contributed by atoms with E-state index >= 15 is 0 Å². The molecule has 3 rings (SSSR count). The summed E-state index contributed by atoms with van der Waals surface area (Å²) in [5.74, 6) is 5.31. The molecule has 3 N–H and O–H groups in total. The Labute approximate surface area is 133 Å². The molecule has 19 heavy (non-hydrogen) atoms. The van der Waals surface area contributed by atoms with E-state index in [-0.39, 0.29) is 0 Å². The molecule has 3 heterocycles. The van der Waals surface area contributed by atoms with Crippen molar-refractivity contribution in [1.29, 1.82) is 0 Å². The molecule has 0 unspecified atom stereocenters. The molecule has 0 spiro atoms. The van der Waals surface area contributed by atoms with Crippen LogP contribution in [0.1, 0.15) is 6.42 Å². The van der Waals surface area contributed by atoms with Crippen molar-refractivity contribution in [2.45, 2.75) is 6.42 Å². The molecule has 0 atom stereocenters. The second-order valence-corrected chi connectivity index (χ2v) is 23.9. The molecule has 8 heteroatoms. The molecule has 0 aromatic heterocycles. The lowest BCUT2D eigenvalue weighted by molar-refractivity contribution is 0.329. The molecular weight excluding hydrogens is 330 g/mol. The zero-order chi connectivity index (χ0) is 13.4. The lowest BCUT2D eigenvalue weighted by atomic mass is 10.4. The van der Waals surface area contributed by atoms with E-state index in [1.54, 1.807) is 0 Å². The maximum atomic E-state index is 5.51. The average Bonchev–Trinajstić information content (AvgIpc) is 2.34. The lowest BCUT2D eigenvalue weighted by Crippen LogP contribution is -2.40. The van der Waals surface area contributed by atoms with Crippen LogP contribution in [0.15, 0.2) is 0 Å². The Kier molecular flexibility index (Phi) is 8.43. The van der Waals surface area contributed by atoms with Gasteiger partial charge in [0.05, 0.1) is 0 Å². The second kappa shape index (κ2) is 9.50. The minimum Gasteiger partial charge on any atom is -0.330 e. The van der Waals surface area contributed by atoms with Gasteiger partial charge in [0.15, 0.2) is 0 Å². The molecule has 0 aromatic rings. The fraction of sp³-hybridized carbons (Fsp3) is 1.00. The summed E-state index contributed by atoms with van der Waals surface area (Å²) in [4.78, 5) is 2.64. The summed E-state index contributed by atoms with van der Waals surface area (Å²) >= 11 is 9.21. The van der Waals surface area contributed by atoms with E-state index in [2.05, 4.69) is 55.1 Å². The van der Waals surface area contributed by atoms with Crippen molar-refractivity contribution in [3.8, 4) is 0 Å². The Bertz CT molecular complexity index is 234.